The third-order valence-electron chi connectivity index (χ3n) is 7.54. The third-order valence-corrected chi connectivity index (χ3v) is 8.66. The number of hydrogen-bond acceptors (Lipinski definition) is 5. The van der Waals surface area contributed by atoms with Crippen molar-refractivity contribution in [1.29, 1.82) is 5.41 Å². The van der Waals surface area contributed by atoms with Crippen LogP contribution in [0.4, 0.5) is 17.6 Å². The Labute approximate surface area is 242 Å². The molecule has 220 valence electrons. The highest BCUT2D eigenvalue weighted by atomic mass is 32.1. The molecule has 0 saturated carbocycles. The number of amidine groups is 1. The number of fused-ring (bicyclic) bond motifs is 3. The second-order valence-electron chi connectivity index (χ2n) is 10.5. The van der Waals surface area contributed by atoms with E-state index in [1.807, 2.05) is 0 Å². The number of nitrogens with two attached hydrogens (primary N) is 1. The Kier molecular flexibility index (Phi) is 7.56. The number of thiophene rings is 1. The minimum atomic E-state index is -3.21. The van der Waals surface area contributed by atoms with Gasteiger partial charge in [0.1, 0.15) is 18.6 Å². The molecule has 8 nitrogen and oxygen atoms in total. The van der Waals surface area contributed by atoms with Crippen molar-refractivity contribution in [3.8, 4) is 11.1 Å². The number of nitrogens with one attached hydrogen (secondary N) is 3. The van der Waals surface area contributed by atoms with Crippen LogP contribution in [0.2, 0.25) is 0 Å². The number of amides is 3. The van der Waals surface area contributed by atoms with Gasteiger partial charge < -0.3 is 21.3 Å². The highest BCUT2D eigenvalue weighted by molar-refractivity contribution is 7.10. The Morgan fingerprint density at radius 1 is 1.10 bits per heavy atom. The van der Waals surface area contributed by atoms with Crippen molar-refractivity contribution < 1.29 is 31.9 Å². The van der Waals surface area contributed by atoms with Gasteiger partial charge in [-0.15, -0.1) is 11.3 Å². The van der Waals surface area contributed by atoms with Crippen LogP contribution in [0.5, 0.6) is 0 Å². The van der Waals surface area contributed by atoms with Crippen molar-refractivity contribution in [1.82, 2.24) is 15.5 Å². The first-order valence-electron chi connectivity index (χ1n) is 13.0. The number of rotatable bonds is 8. The number of carbonyl (C=O) groups excluding carboxylic acids is 3. The van der Waals surface area contributed by atoms with Gasteiger partial charge in [-0.2, -0.15) is 8.78 Å². The van der Waals surface area contributed by atoms with E-state index >= 15 is 4.39 Å². The molecule has 1 saturated heterocycles. The van der Waals surface area contributed by atoms with E-state index in [9.17, 15) is 27.6 Å². The van der Waals surface area contributed by atoms with Crippen LogP contribution < -0.4 is 16.4 Å². The number of hydrogen-bond donors (Lipinski definition) is 4. The fraction of sp³-hybridized carbons (Fsp3) is 0.310. The second kappa shape index (κ2) is 10.9. The lowest BCUT2D eigenvalue weighted by atomic mass is 10.0. The van der Waals surface area contributed by atoms with E-state index in [1.165, 1.54) is 47.7 Å². The summed E-state index contributed by atoms with van der Waals surface area (Å²) in [6.45, 7) is -1.05. The van der Waals surface area contributed by atoms with E-state index in [4.69, 9.17) is 11.1 Å². The van der Waals surface area contributed by atoms with Crippen LogP contribution in [0.25, 0.3) is 11.1 Å². The molecule has 0 radical (unpaired) electrons. The lowest BCUT2D eigenvalue weighted by molar-refractivity contribution is -0.138. The molecule has 1 aliphatic heterocycles. The highest BCUT2D eigenvalue weighted by Gasteiger charge is 2.50. The van der Waals surface area contributed by atoms with Crippen LogP contribution in [-0.2, 0) is 15.5 Å². The van der Waals surface area contributed by atoms with Crippen molar-refractivity contribution in [2.75, 3.05) is 19.8 Å². The molecular formula is C29H27F4N5O3S. The van der Waals surface area contributed by atoms with Crippen LogP contribution >= 0.6 is 11.3 Å². The number of benzene rings is 2. The topological polar surface area (TPSA) is 128 Å². The minimum Gasteiger partial charge on any atom is -0.384 e. The van der Waals surface area contributed by atoms with Crippen LogP contribution in [0.15, 0.2) is 53.9 Å². The Hall–Kier alpha value is -4.26. The van der Waals surface area contributed by atoms with Gasteiger partial charge in [-0.1, -0.05) is 30.3 Å². The Balaban J connectivity index is 1.27. The van der Waals surface area contributed by atoms with Gasteiger partial charge in [-0.25, -0.2) is 8.78 Å². The van der Waals surface area contributed by atoms with E-state index < -0.39 is 67.6 Å². The monoisotopic (exact) mass is 601 g/mol. The summed E-state index contributed by atoms with van der Waals surface area (Å²) < 4.78 is 58.3. The molecule has 1 unspecified atom stereocenters. The zero-order valence-electron chi connectivity index (χ0n) is 22.3. The first-order valence-corrected chi connectivity index (χ1v) is 13.9. The molecule has 5 rings (SSSR count). The van der Waals surface area contributed by atoms with Crippen molar-refractivity contribution in [2.45, 2.75) is 37.0 Å². The summed E-state index contributed by atoms with van der Waals surface area (Å²) in [4.78, 5) is 40.6. The molecular weight excluding hydrogens is 574 g/mol. The quantitative estimate of drug-likeness (QED) is 0.177. The molecule has 13 heteroatoms. The lowest BCUT2D eigenvalue weighted by Gasteiger charge is -2.25. The average Bonchev–Trinajstić information content (AvgIpc) is 3.66. The fourth-order valence-corrected chi connectivity index (χ4v) is 6.23. The molecule has 3 aromatic rings. The van der Waals surface area contributed by atoms with Crippen molar-refractivity contribution in [2.24, 2.45) is 5.73 Å². The molecule has 2 aromatic carbocycles. The van der Waals surface area contributed by atoms with Crippen molar-refractivity contribution in [3.05, 3.63) is 81.0 Å². The molecule has 3 atom stereocenters. The van der Waals surface area contributed by atoms with Gasteiger partial charge in [-0.3, -0.25) is 19.8 Å². The summed E-state index contributed by atoms with van der Waals surface area (Å²) in [5.74, 6) is -5.60. The van der Waals surface area contributed by atoms with E-state index in [0.717, 1.165) is 4.90 Å². The molecule has 2 aliphatic rings. The average molecular weight is 602 g/mol. The third kappa shape index (κ3) is 5.24. The predicted octanol–water partition coefficient (Wildman–Crippen LogP) is 4.04. The summed E-state index contributed by atoms with van der Waals surface area (Å²) in [7, 11) is 0. The van der Waals surface area contributed by atoms with Crippen LogP contribution in [-0.4, -0.2) is 59.9 Å². The summed E-state index contributed by atoms with van der Waals surface area (Å²) >= 11 is 1.26. The van der Waals surface area contributed by atoms with Gasteiger partial charge in [0.15, 0.2) is 5.67 Å². The SMILES string of the molecule is CC(NC(=O)[C@@H]1C[C@](F)(CF)CN1C(=O)CNC(=O)c1ccc2c(c1)-c1ccccc1C2(F)F)c1cc(C(=N)N)cs1. The van der Waals surface area contributed by atoms with Crippen LogP contribution in [0, 0.1) is 5.41 Å². The van der Waals surface area contributed by atoms with Crippen molar-refractivity contribution in [3.63, 3.8) is 0 Å². The van der Waals surface area contributed by atoms with Gasteiger partial charge in [0.2, 0.25) is 11.8 Å². The smallest absolute Gasteiger partial charge is 0.299 e. The number of nitrogen functional groups attached to an aromatic ring is 1. The van der Waals surface area contributed by atoms with E-state index in [-0.39, 0.29) is 28.1 Å². The van der Waals surface area contributed by atoms with Gasteiger partial charge in [-0.05, 0) is 36.2 Å². The standard InChI is InChI=1S/C29H27F4N5O3S/c1-15(23-9-17(12-42-23)25(34)35)37-27(41)22-10-28(31,13-30)14-38(22)24(39)11-36-26(40)16-6-7-21-19(8-16)18-4-2-3-5-20(18)29(21,32)33/h2-9,12,15,22H,10-11,13-14H2,1H3,(H3,34,35)(H,36,40)(H,37,41)/t15?,22-,28-/m0/s1. The first kappa shape index (κ1) is 29.2. The largest absolute Gasteiger partial charge is 0.384 e. The normalized spacial score (nSPS) is 20.9. The number of nitrogens with zero attached hydrogens (tertiary/aromatic N) is 1. The van der Waals surface area contributed by atoms with E-state index in [2.05, 4.69) is 10.6 Å². The number of likely N-dealkylation sites (tertiary alicyclic amines) is 1. The number of halogens is 4. The van der Waals surface area contributed by atoms with Crippen molar-refractivity contribution >= 4 is 34.9 Å². The molecule has 42 heavy (non-hydrogen) atoms. The maximum atomic E-state index is 15.1. The molecule has 5 N–H and O–H groups in total. The zero-order chi connectivity index (χ0) is 30.4. The molecule has 0 bridgehead atoms. The van der Waals surface area contributed by atoms with Gasteiger partial charge in [0.05, 0.1) is 19.1 Å². The van der Waals surface area contributed by atoms with Crippen LogP contribution in [0.1, 0.15) is 51.3 Å². The maximum absolute atomic E-state index is 15.1. The molecule has 0 spiro atoms. The molecule has 1 fully saturated rings. The van der Waals surface area contributed by atoms with Crippen LogP contribution in [0.3, 0.4) is 0 Å². The maximum Gasteiger partial charge on any atom is 0.299 e. The fourth-order valence-electron chi connectivity index (χ4n) is 5.31. The minimum absolute atomic E-state index is 0.0306. The molecule has 1 aromatic heterocycles. The summed E-state index contributed by atoms with van der Waals surface area (Å²) in [6.07, 6.45) is -0.566. The summed E-state index contributed by atoms with van der Waals surface area (Å²) in [6, 6.07) is 9.43. The predicted molar refractivity (Wildman–Crippen MR) is 149 cm³/mol. The molecule has 3 amide bonds. The zero-order valence-corrected chi connectivity index (χ0v) is 23.2. The first-order chi connectivity index (χ1) is 19.8. The Morgan fingerprint density at radius 2 is 1.81 bits per heavy atom. The highest BCUT2D eigenvalue weighted by Crippen LogP contribution is 2.50. The van der Waals surface area contributed by atoms with E-state index in [0.29, 0.717) is 16.0 Å². The number of alkyl halides is 4. The van der Waals surface area contributed by atoms with Gasteiger partial charge >= 0.3 is 0 Å². The van der Waals surface area contributed by atoms with Gasteiger partial charge in [0, 0.05) is 38.9 Å². The van der Waals surface area contributed by atoms with E-state index in [1.54, 1.807) is 24.4 Å². The second-order valence-corrected chi connectivity index (χ2v) is 11.4. The Morgan fingerprint density at radius 3 is 2.50 bits per heavy atom. The lowest BCUT2D eigenvalue weighted by Crippen LogP contribution is -2.49. The van der Waals surface area contributed by atoms with Gasteiger partial charge in [0.25, 0.3) is 11.8 Å². The summed E-state index contributed by atoms with van der Waals surface area (Å²) in [5.41, 5.74) is 3.66. The summed E-state index contributed by atoms with van der Waals surface area (Å²) in [5, 5.41) is 14.3. The number of carbonyl (C=O) groups is 3. The molecule has 2 heterocycles. The Bertz CT molecular complexity index is 1590. The molecule has 1 aliphatic carbocycles.